The standard InChI is InChI=1S/C19H45N3Si/c1-5-8-11-14-17-20-23(4,21-18-15-12-9-6-2)22-19-16-13-10-7-3/h20-22H,5-19H2,1-4H3. The Hall–Kier alpha value is 0.0969. The van der Waals surface area contributed by atoms with E-state index in [0.29, 0.717) is 0 Å². The van der Waals surface area contributed by atoms with Gasteiger partial charge in [0.05, 0.1) is 0 Å². The van der Waals surface area contributed by atoms with Crippen LogP contribution in [0.25, 0.3) is 0 Å². The van der Waals surface area contributed by atoms with Crippen molar-refractivity contribution < 1.29 is 0 Å². The molecule has 0 atom stereocenters. The van der Waals surface area contributed by atoms with Crippen LogP contribution in [0, 0.1) is 0 Å². The van der Waals surface area contributed by atoms with E-state index in [2.05, 4.69) is 42.3 Å². The van der Waals surface area contributed by atoms with Crippen LogP contribution in [0.1, 0.15) is 97.8 Å². The molecular formula is C19H45N3Si. The Morgan fingerprint density at radius 2 is 0.783 bits per heavy atom. The Bertz CT molecular complexity index is 201. The largest absolute Gasteiger partial charge is 0.313 e. The molecule has 0 aliphatic heterocycles. The summed E-state index contributed by atoms with van der Waals surface area (Å²) in [5, 5.41) is 0. The molecule has 0 amide bonds. The molecule has 0 aliphatic rings. The molecule has 0 aliphatic carbocycles. The first-order valence-electron chi connectivity index (χ1n) is 10.4. The minimum Gasteiger partial charge on any atom is -0.313 e. The van der Waals surface area contributed by atoms with Gasteiger partial charge in [-0.3, -0.25) is 0 Å². The zero-order chi connectivity index (χ0) is 17.2. The van der Waals surface area contributed by atoms with Crippen LogP contribution in [-0.2, 0) is 0 Å². The molecule has 0 aromatic heterocycles. The van der Waals surface area contributed by atoms with Gasteiger partial charge in [-0.15, -0.1) is 0 Å². The summed E-state index contributed by atoms with van der Waals surface area (Å²) in [4.78, 5) is 11.6. The molecule has 0 saturated carbocycles. The molecule has 0 radical (unpaired) electrons. The van der Waals surface area contributed by atoms with Gasteiger partial charge < -0.3 is 14.9 Å². The van der Waals surface area contributed by atoms with Crippen LogP contribution in [0.4, 0.5) is 0 Å². The van der Waals surface area contributed by atoms with E-state index in [0.717, 1.165) is 19.6 Å². The number of hydrogen-bond donors (Lipinski definition) is 3. The summed E-state index contributed by atoms with van der Waals surface area (Å²) in [5.74, 6) is 0. The number of unbranched alkanes of at least 4 members (excludes halogenated alkanes) is 9. The first kappa shape index (κ1) is 23.1. The van der Waals surface area contributed by atoms with Crippen LogP contribution >= 0.6 is 0 Å². The average Bonchev–Trinajstić information content (AvgIpc) is 2.54. The van der Waals surface area contributed by atoms with Crippen molar-refractivity contribution in [2.75, 3.05) is 19.6 Å². The highest BCUT2D eigenvalue weighted by Gasteiger charge is 2.25. The molecule has 4 heteroatoms. The van der Waals surface area contributed by atoms with Gasteiger partial charge in [-0.25, -0.2) is 0 Å². The van der Waals surface area contributed by atoms with Crippen molar-refractivity contribution in [3.8, 4) is 0 Å². The van der Waals surface area contributed by atoms with Crippen LogP contribution < -0.4 is 14.9 Å². The number of rotatable bonds is 18. The highest BCUT2D eigenvalue weighted by Crippen LogP contribution is 2.02. The summed E-state index contributed by atoms with van der Waals surface area (Å²) in [5.41, 5.74) is 0. The first-order chi connectivity index (χ1) is 11.2. The molecule has 23 heavy (non-hydrogen) atoms. The Labute approximate surface area is 148 Å². The summed E-state index contributed by atoms with van der Waals surface area (Å²) in [6.45, 7) is 12.7. The van der Waals surface area contributed by atoms with Crippen molar-refractivity contribution in [1.82, 2.24) is 14.9 Å². The van der Waals surface area contributed by atoms with E-state index in [-0.39, 0.29) is 0 Å². The lowest BCUT2D eigenvalue weighted by Gasteiger charge is -2.30. The molecule has 0 aromatic carbocycles. The molecule has 3 nitrogen and oxygen atoms in total. The highest BCUT2D eigenvalue weighted by atomic mass is 28.4. The van der Waals surface area contributed by atoms with Gasteiger partial charge in [0, 0.05) is 0 Å². The van der Waals surface area contributed by atoms with Gasteiger partial charge in [0.25, 0.3) is 8.56 Å². The third kappa shape index (κ3) is 15.4. The quantitative estimate of drug-likeness (QED) is 0.240. The zero-order valence-electron chi connectivity index (χ0n) is 16.6. The SMILES string of the molecule is CCCCCCN[Si](C)(NCCCCCC)NCCCCCC. The summed E-state index contributed by atoms with van der Waals surface area (Å²) in [6.07, 6.45) is 16.1. The van der Waals surface area contributed by atoms with Gasteiger partial charge in [-0.2, -0.15) is 0 Å². The van der Waals surface area contributed by atoms with E-state index in [4.69, 9.17) is 0 Å². The fraction of sp³-hybridized carbons (Fsp3) is 1.00. The zero-order valence-corrected chi connectivity index (χ0v) is 17.6. The Morgan fingerprint density at radius 1 is 0.478 bits per heavy atom. The Balaban J connectivity index is 4.00. The van der Waals surface area contributed by atoms with Crippen LogP contribution in [0.3, 0.4) is 0 Å². The van der Waals surface area contributed by atoms with Gasteiger partial charge >= 0.3 is 0 Å². The van der Waals surface area contributed by atoms with Crippen LogP contribution in [0.15, 0.2) is 0 Å². The molecule has 0 bridgehead atoms. The third-order valence-electron chi connectivity index (χ3n) is 4.53. The van der Waals surface area contributed by atoms with Crippen LogP contribution in [0.2, 0.25) is 6.55 Å². The minimum absolute atomic E-state index is 1.16. The number of hydrogen-bond acceptors (Lipinski definition) is 3. The molecule has 0 spiro atoms. The van der Waals surface area contributed by atoms with Crippen molar-refractivity contribution >= 4 is 8.56 Å². The lowest BCUT2D eigenvalue weighted by molar-refractivity contribution is 0.607. The second-order valence-electron chi connectivity index (χ2n) is 7.09. The lowest BCUT2D eigenvalue weighted by Crippen LogP contribution is -2.70. The van der Waals surface area contributed by atoms with Gasteiger partial charge in [0.2, 0.25) is 0 Å². The fourth-order valence-corrected chi connectivity index (χ4v) is 5.26. The predicted octanol–water partition coefficient (Wildman–Crippen LogP) is 5.06. The lowest BCUT2D eigenvalue weighted by atomic mass is 10.2. The van der Waals surface area contributed by atoms with Crippen molar-refractivity contribution in [1.29, 1.82) is 0 Å². The number of nitrogens with one attached hydrogen (secondary N) is 3. The summed E-state index contributed by atoms with van der Waals surface area (Å²) in [7, 11) is -1.68. The smallest absolute Gasteiger partial charge is 0.278 e. The Morgan fingerprint density at radius 3 is 1.04 bits per heavy atom. The third-order valence-corrected chi connectivity index (χ3v) is 7.40. The van der Waals surface area contributed by atoms with Crippen molar-refractivity contribution in [3.63, 3.8) is 0 Å². The minimum atomic E-state index is -1.68. The summed E-state index contributed by atoms with van der Waals surface area (Å²) in [6, 6.07) is 0. The summed E-state index contributed by atoms with van der Waals surface area (Å²) >= 11 is 0. The van der Waals surface area contributed by atoms with Gasteiger partial charge in [0.15, 0.2) is 0 Å². The molecule has 0 aromatic rings. The van der Waals surface area contributed by atoms with Crippen molar-refractivity contribution in [2.24, 2.45) is 0 Å². The highest BCUT2D eigenvalue weighted by molar-refractivity contribution is 6.71. The molecule has 3 N–H and O–H groups in total. The van der Waals surface area contributed by atoms with Crippen LogP contribution in [-0.4, -0.2) is 28.2 Å². The van der Waals surface area contributed by atoms with Crippen molar-refractivity contribution in [2.45, 2.75) is 104 Å². The monoisotopic (exact) mass is 343 g/mol. The molecule has 0 rings (SSSR count). The molecule has 0 fully saturated rings. The second kappa shape index (κ2) is 16.9. The second-order valence-corrected chi connectivity index (χ2v) is 10.4. The first-order valence-corrected chi connectivity index (χ1v) is 12.9. The maximum Gasteiger partial charge on any atom is 0.278 e. The molecule has 0 saturated heterocycles. The topological polar surface area (TPSA) is 36.1 Å². The van der Waals surface area contributed by atoms with Crippen molar-refractivity contribution in [3.05, 3.63) is 0 Å². The predicted molar refractivity (Wildman–Crippen MR) is 108 cm³/mol. The Kier molecular flexibility index (Phi) is 17.0. The van der Waals surface area contributed by atoms with Gasteiger partial charge in [0.1, 0.15) is 0 Å². The molecular weight excluding hydrogens is 298 g/mol. The van der Waals surface area contributed by atoms with E-state index < -0.39 is 8.56 Å². The molecule has 0 unspecified atom stereocenters. The normalized spacial score (nSPS) is 12.0. The van der Waals surface area contributed by atoms with Gasteiger partial charge in [-0.1, -0.05) is 78.6 Å². The van der Waals surface area contributed by atoms with E-state index in [1.807, 2.05) is 0 Å². The van der Waals surface area contributed by atoms with E-state index in [9.17, 15) is 0 Å². The molecule has 0 heterocycles. The van der Waals surface area contributed by atoms with Gasteiger partial charge in [-0.05, 0) is 45.4 Å². The van der Waals surface area contributed by atoms with E-state index >= 15 is 0 Å². The van der Waals surface area contributed by atoms with Crippen LogP contribution in [0.5, 0.6) is 0 Å². The average molecular weight is 344 g/mol. The van der Waals surface area contributed by atoms with E-state index in [1.54, 1.807) is 0 Å². The summed E-state index contributed by atoms with van der Waals surface area (Å²) < 4.78 is 0. The van der Waals surface area contributed by atoms with E-state index in [1.165, 1.54) is 77.0 Å². The molecule has 140 valence electrons. The fourth-order valence-electron chi connectivity index (χ4n) is 2.86. The maximum atomic E-state index is 3.85. The maximum absolute atomic E-state index is 3.85.